The molecular weight excluding hydrogens is 362 g/mol. The van der Waals surface area contributed by atoms with Crippen molar-refractivity contribution in [2.45, 2.75) is 31.8 Å². The van der Waals surface area contributed by atoms with Gasteiger partial charge in [0.15, 0.2) is 0 Å². The molecule has 0 heterocycles. The molecule has 0 saturated carbocycles. The molecule has 0 spiro atoms. The van der Waals surface area contributed by atoms with Gasteiger partial charge in [0.2, 0.25) is 10.0 Å². The zero-order valence-corrected chi connectivity index (χ0v) is 14.4. The van der Waals surface area contributed by atoms with E-state index in [1.807, 2.05) is 6.92 Å². The number of carbonyl (C=O) groups is 1. The minimum atomic E-state index is -3.79. The molecule has 6 nitrogen and oxygen atoms in total. The van der Waals surface area contributed by atoms with Crippen LogP contribution in [0.2, 0.25) is 0 Å². The summed E-state index contributed by atoms with van der Waals surface area (Å²) in [5.74, 6) is -1.17. The van der Waals surface area contributed by atoms with Crippen LogP contribution < -0.4 is 4.72 Å². The Balaban J connectivity index is 3.06. The number of carboxylic acid groups (broad SMARTS) is 1. The van der Waals surface area contributed by atoms with Crippen molar-refractivity contribution >= 4 is 31.9 Å². The average molecular weight is 380 g/mol. The summed E-state index contributed by atoms with van der Waals surface area (Å²) >= 11 is 3.18. The quantitative estimate of drug-likeness (QED) is 0.756. The highest BCUT2D eigenvalue weighted by Gasteiger charge is 2.20. The maximum atomic E-state index is 12.2. The van der Waals surface area contributed by atoms with Crippen LogP contribution in [-0.2, 0) is 14.8 Å². The molecule has 118 valence electrons. The second-order valence-corrected chi connectivity index (χ2v) is 7.12. The molecule has 1 rings (SSSR count). The first-order valence-electron chi connectivity index (χ1n) is 6.33. The van der Waals surface area contributed by atoms with Gasteiger partial charge < -0.3 is 9.84 Å². The predicted molar refractivity (Wildman–Crippen MR) is 82.1 cm³/mol. The number of benzene rings is 1. The third-order valence-electron chi connectivity index (χ3n) is 2.87. The number of nitrogens with one attached hydrogen (secondary N) is 1. The highest BCUT2D eigenvalue weighted by molar-refractivity contribution is 9.10. The van der Waals surface area contributed by atoms with Crippen molar-refractivity contribution in [3.63, 3.8) is 0 Å². The minimum Gasteiger partial charge on any atom is -0.478 e. The number of carboxylic acids is 1. The first kappa shape index (κ1) is 18.1. The lowest BCUT2D eigenvalue weighted by Gasteiger charge is -2.14. The lowest BCUT2D eigenvalue weighted by atomic mass is 10.1. The Morgan fingerprint density at radius 3 is 2.62 bits per heavy atom. The van der Waals surface area contributed by atoms with Gasteiger partial charge in [-0.25, -0.2) is 17.9 Å². The molecule has 0 fully saturated rings. The third kappa shape index (κ3) is 4.77. The molecule has 0 aliphatic carbocycles. The zero-order valence-electron chi connectivity index (χ0n) is 12.0. The molecule has 0 radical (unpaired) electrons. The Morgan fingerprint density at radius 2 is 2.10 bits per heavy atom. The molecule has 1 aromatic rings. The standard InChI is InChI=1S/C13H18BrNO5S/c1-4-20-8(2)7-15-21(18,19)10-5-11(13(16)17)9(3)12(14)6-10/h5-6,8,15H,4,7H2,1-3H3,(H,16,17). The van der Waals surface area contributed by atoms with Crippen molar-refractivity contribution in [3.05, 3.63) is 27.7 Å². The van der Waals surface area contributed by atoms with E-state index in [0.717, 1.165) is 6.07 Å². The molecule has 1 atom stereocenters. The van der Waals surface area contributed by atoms with Gasteiger partial charge in [0.05, 0.1) is 16.6 Å². The van der Waals surface area contributed by atoms with Crippen molar-refractivity contribution < 1.29 is 23.1 Å². The summed E-state index contributed by atoms with van der Waals surface area (Å²) in [4.78, 5) is 11.1. The normalized spacial score (nSPS) is 13.1. The molecule has 8 heteroatoms. The molecular formula is C13H18BrNO5S. The van der Waals surface area contributed by atoms with Crippen molar-refractivity contribution in [1.29, 1.82) is 0 Å². The van der Waals surface area contributed by atoms with Gasteiger partial charge in [-0.15, -0.1) is 0 Å². The first-order valence-corrected chi connectivity index (χ1v) is 8.61. The molecule has 21 heavy (non-hydrogen) atoms. The second kappa shape index (κ2) is 7.35. The second-order valence-electron chi connectivity index (χ2n) is 4.50. The van der Waals surface area contributed by atoms with E-state index in [1.165, 1.54) is 6.07 Å². The van der Waals surface area contributed by atoms with E-state index in [4.69, 9.17) is 9.84 Å². The van der Waals surface area contributed by atoms with E-state index in [-0.39, 0.29) is 23.1 Å². The van der Waals surface area contributed by atoms with Crippen LogP contribution >= 0.6 is 15.9 Å². The van der Waals surface area contributed by atoms with Crippen LogP contribution in [0.3, 0.4) is 0 Å². The summed E-state index contributed by atoms with van der Waals surface area (Å²) < 4.78 is 32.5. The highest BCUT2D eigenvalue weighted by atomic mass is 79.9. The van der Waals surface area contributed by atoms with Gasteiger partial charge in [-0.3, -0.25) is 0 Å². The van der Waals surface area contributed by atoms with Crippen LogP contribution in [0.1, 0.15) is 29.8 Å². The lowest BCUT2D eigenvalue weighted by Crippen LogP contribution is -2.32. The summed E-state index contributed by atoms with van der Waals surface area (Å²) in [6.07, 6.45) is -0.266. The van der Waals surface area contributed by atoms with Crippen LogP contribution in [0.4, 0.5) is 0 Å². The summed E-state index contributed by atoms with van der Waals surface area (Å²) in [7, 11) is -3.79. The lowest BCUT2D eigenvalue weighted by molar-refractivity contribution is 0.0695. The largest absolute Gasteiger partial charge is 0.478 e. The Bertz CT molecular complexity index is 630. The van der Waals surface area contributed by atoms with E-state index in [9.17, 15) is 13.2 Å². The fourth-order valence-electron chi connectivity index (χ4n) is 1.69. The summed E-state index contributed by atoms with van der Waals surface area (Å²) in [5.41, 5.74) is 0.423. The van der Waals surface area contributed by atoms with Crippen molar-refractivity contribution in [1.82, 2.24) is 4.72 Å². The SMILES string of the molecule is CCOC(C)CNS(=O)(=O)c1cc(Br)c(C)c(C(=O)O)c1. The topological polar surface area (TPSA) is 92.7 Å². The number of hydrogen-bond acceptors (Lipinski definition) is 4. The van der Waals surface area contributed by atoms with Crippen molar-refractivity contribution in [2.24, 2.45) is 0 Å². The van der Waals surface area contributed by atoms with Crippen molar-refractivity contribution in [2.75, 3.05) is 13.2 Å². The Kier molecular flexibility index (Phi) is 6.33. The highest BCUT2D eigenvalue weighted by Crippen LogP contribution is 2.25. The maximum absolute atomic E-state index is 12.2. The fourth-order valence-corrected chi connectivity index (χ4v) is 3.46. The van der Waals surface area contributed by atoms with Gasteiger partial charge in [0.1, 0.15) is 0 Å². The molecule has 0 amide bonds. The molecule has 0 aromatic heterocycles. The van der Waals surface area contributed by atoms with Crippen LogP contribution in [-0.4, -0.2) is 38.7 Å². The first-order chi connectivity index (χ1) is 9.69. The van der Waals surface area contributed by atoms with Crippen LogP contribution in [0.25, 0.3) is 0 Å². The van der Waals surface area contributed by atoms with Gasteiger partial charge in [-0.2, -0.15) is 0 Å². The molecule has 0 aliphatic heterocycles. The number of rotatable bonds is 7. The van der Waals surface area contributed by atoms with Crippen molar-refractivity contribution in [3.8, 4) is 0 Å². The summed E-state index contributed by atoms with van der Waals surface area (Å²) in [6, 6.07) is 2.53. The third-order valence-corrected chi connectivity index (χ3v) is 5.10. The Morgan fingerprint density at radius 1 is 1.48 bits per heavy atom. The van der Waals surface area contributed by atoms with Gasteiger partial charge in [-0.05, 0) is 38.5 Å². The number of sulfonamides is 1. The fraction of sp³-hybridized carbons (Fsp3) is 0.462. The van der Waals surface area contributed by atoms with Crippen LogP contribution in [0, 0.1) is 6.92 Å². The number of ether oxygens (including phenoxy) is 1. The van der Waals surface area contributed by atoms with E-state index in [0.29, 0.717) is 16.6 Å². The molecule has 0 bridgehead atoms. The Labute approximate surface area is 132 Å². The zero-order chi connectivity index (χ0) is 16.2. The molecule has 1 aromatic carbocycles. The van der Waals surface area contributed by atoms with Gasteiger partial charge in [-0.1, -0.05) is 15.9 Å². The molecule has 0 saturated heterocycles. The number of hydrogen-bond donors (Lipinski definition) is 2. The van der Waals surface area contributed by atoms with E-state index in [1.54, 1.807) is 13.8 Å². The van der Waals surface area contributed by atoms with Gasteiger partial charge >= 0.3 is 5.97 Å². The smallest absolute Gasteiger partial charge is 0.336 e. The van der Waals surface area contributed by atoms with E-state index in [2.05, 4.69) is 20.7 Å². The van der Waals surface area contributed by atoms with Crippen LogP contribution in [0.15, 0.2) is 21.5 Å². The van der Waals surface area contributed by atoms with E-state index >= 15 is 0 Å². The predicted octanol–water partition coefficient (Wildman–Crippen LogP) is 2.16. The molecule has 2 N–H and O–H groups in total. The summed E-state index contributed by atoms with van der Waals surface area (Å²) in [6.45, 7) is 5.78. The average Bonchev–Trinajstić information content (AvgIpc) is 2.39. The number of halogens is 1. The minimum absolute atomic E-state index is 0.0531. The monoisotopic (exact) mass is 379 g/mol. The van der Waals surface area contributed by atoms with Gasteiger partial charge in [0, 0.05) is 17.6 Å². The van der Waals surface area contributed by atoms with E-state index < -0.39 is 16.0 Å². The van der Waals surface area contributed by atoms with Gasteiger partial charge in [0.25, 0.3) is 0 Å². The molecule has 0 aliphatic rings. The Hall–Kier alpha value is -0.960. The maximum Gasteiger partial charge on any atom is 0.336 e. The number of aromatic carboxylic acids is 1. The summed E-state index contributed by atoms with van der Waals surface area (Å²) in [5, 5.41) is 9.11. The molecule has 1 unspecified atom stereocenters. The van der Waals surface area contributed by atoms with Crippen LogP contribution in [0.5, 0.6) is 0 Å².